The van der Waals surface area contributed by atoms with Crippen molar-refractivity contribution in [2.24, 2.45) is 0 Å². The SMILES string of the molecule is C1=Cc2sc3cc4c(cc3c2CC1)c1cc2c3ccccc3n(-c3cccc(C5(c6ccccc6)c6ccccc6-c6ccccc65)c3)c2cc1n4-c1ccccc1. The second kappa shape index (κ2) is 12.0. The van der Waals surface area contributed by atoms with E-state index in [0.717, 1.165) is 18.5 Å². The van der Waals surface area contributed by atoms with Crippen LogP contribution in [0.25, 0.3) is 82.3 Å². The van der Waals surface area contributed by atoms with E-state index in [1.807, 2.05) is 11.3 Å². The third-order valence-electron chi connectivity index (χ3n) is 13.0. The van der Waals surface area contributed by atoms with E-state index in [4.69, 9.17) is 0 Å². The molecule has 3 heterocycles. The molecular formula is C55H36N2S. The van der Waals surface area contributed by atoms with Crippen molar-refractivity contribution >= 4 is 71.1 Å². The van der Waals surface area contributed by atoms with Crippen LogP contribution in [-0.2, 0) is 11.8 Å². The van der Waals surface area contributed by atoms with Gasteiger partial charge in [0.15, 0.2) is 0 Å². The Morgan fingerprint density at radius 3 is 1.79 bits per heavy atom. The fourth-order valence-electron chi connectivity index (χ4n) is 10.7. The highest BCUT2D eigenvalue weighted by Crippen LogP contribution is 2.56. The monoisotopic (exact) mass is 756 g/mol. The predicted molar refractivity (Wildman–Crippen MR) is 245 cm³/mol. The summed E-state index contributed by atoms with van der Waals surface area (Å²) in [5.74, 6) is 0. The zero-order valence-electron chi connectivity index (χ0n) is 31.7. The quantitative estimate of drug-likeness (QED) is 0.169. The molecule has 13 rings (SSSR count). The van der Waals surface area contributed by atoms with Gasteiger partial charge in [0, 0.05) is 42.5 Å². The van der Waals surface area contributed by atoms with E-state index in [2.05, 4.69) is 203 Å². The molecule has 0 saturated heterocycles. The number of para-hydroxylation sites is 2. The lowest BCUT2D eigenvalue weighted by molar-refractivity contribution is 0.767. The Bertz CT molecular complexity index is 3460. The van der Waals surface area contributed by atoms with E-state index >= 15 is 0 Å². The minimum absolute atomic E-state index is 0.474. The number of aryl methyl sites for hydroxylation is 1. The van der Waals surface area contributed by atoms with Gasteiger partial charge in [-0.2, -0.15) is 0 Å². The molecule has 0 bridgehead atoms. The Hall–Kier alpha value is -6.94. The molecule has 0 aliphatic heterocycles. The molecule has 2 nitrogen and oxygen atoms in total. The first-order valence-corrected chi connectivity index (χ1v) is 21.1. The number of allylic oxidation sites excluding steroid dienone is 1. The maximum absolute atomic E-state index is 2.51. The fourth-order valence-corrected chi connectivity index (χ4v) is 11.9. The van der Waals surface area contributed by atoms with Crippen LogP contribution in [0.3, 0.4) is 0 Å². The Kier molecular flexibility index (Phi) is 6.68. The van der Waals surface area contributed by atoms with Crippen LogP contribution in [0.2, 0.25) is 0 Å². The highest BCUT2D eigenvalue weighted by atomic mass is 32.1. The second-order valence-corrected chi connectivity index (χ2v) is 17.0. The summed E-state index contributed by atoms with van der Waals surface area (Å²) in [4.78, 5) is 1.41. The standard InChI is InChI=1S/C55H36N2S/c1-3-16-35(17-4-1)55(47-26-11-7-22-39(47)40-23-8-12-27-48(40)55)36-18-15-21-38(30-36)57-49-28-13-9-24-41(49)43-31-44-45-32-46-42-25-10-14-29-53(42)58-54(46)34-52(45)56(51(44)33-50(43)57)37-19-5-2-6-20-37/h1-9,11-24,26-34H,10,25H2. The summed E-state index contributed by atoms with van der Waals surface area (Å²) in [5.41, 5.74) is 16.0. The predicted octanol–water partition coefficient (Wildman–Crippen LogP) is 14.4. The normalized spacial score (nSPS) is 14.1. The molecule has 0 amide bonds. The topological polar surface area (TPSA) is 9.86 Å². The van der Waals surface area contributed by atoms with Crippen molar-refractivity contribution in [3.63, 3.8) is 0 Å². The van der Waals surface area contributed by atoms with Crippen LogP contribution in [0.5, 0.6) is 0 Å². The van der Waals surface area contributed by atoms with Crippen LogP contribution in [0.15, 0.2) is 188 Å². The van der Waals surface area contributed by atoms with Crippen LogP contribution < -0.4 is 0 Å². The minimum Gasteiger partial charge on any atom is -0.309 e. The first-order valence-electron chi connectivity index (χ1n) is 20.3. The number of rotatable bonds is 4. The minimum atomic E-state index is -0.474. The third-order valence-corrected chi connectivity index (χ3v) is 14.2. The third kappa shape index (κ3) is 4.26. The van der Waals surface area contributed by atoms with Crippen molar-refractivity contribution in [2.75, 3.05) is 0 Å². The van der Waals surface area contributed by atoms with Crippen LogP contribution in [-0.4, -0.2) is 9.13 Å². The maximum atomic E-state index is 2.51. The summed E-state index contributed by atoms with van der Waals surface area (Å²) < 4.78 is 6.36. The lowest BCUT2D eigenvalue weighted by atomic mass is 9.67. The molecule has 0 atom stereocenters. The van der Waals surface area contributed by atoms with Crippen LogP contribution >= 0.6 is 11.3 Å². The lowest BCUT2D eigenvalue weighted by Gasteiger charge is -2.34. The van der Waals surface area contributed by atoms with Crippen molar-refractivity contribution in [3.8, 4) is 22.5 Å². The summed E-state index contributed by atoms with van der Waals surface area (Å²) in [7, 11) is 0. The molecule has 0 spiro atoms. The van der Waals surface area contributed by atoms with Gasteiger partial charge in [0.05, 0.1) is 27.5 Å². The van der Waals surface area contributed by atoms with Gasteiger partial charge in [-0.05, 0) is 118 Å². The molecule has 2 aliphatic rings. The zero-order valence-corrected chi connectivity index (χ0v) is 32.5. The first kappa shape index (κ1) is 32.2. The Balaban J connectivity index is 1.12. The summed E-state index contributed by atoms with van der Waals surface area (Å²) in [6, 6.07) is 68.3. The average molecular weight is 757 g/mol. The Labute approximate surface area is 340 Å². The van der Waals surface area contributed by atoms with Crippen molar-refractivity contribution in [2.45, 2.75) is 18.3 Å². The van der Waals surface area contributed by atoms with Gasteiger partial charge in [-0.15, -0.1) is 11.3 Å². The van der Waals surface area contributed by atoms with Gasteiger partial charge in [-0.3, -0.25) is 0 Å². The molecule has 11 aromatic rings. The van der Waals surface area contributed by atoms with Crippen LogP contribution in [0, 0.1) is 0 Å². The average Bonchev–Trinajstić information content (AvgIpc) is 4.00. The molecule has 0 radical (unpaired) electrons. The zero-order chi connectivity index (χ0) is 38.0. The van der Waals surface area contributed by atoms with Gasteiger partial charge < -0.3 is 9.13 Å². The van der Waals surface area contributed by atoms with Gasteiger partial charge in [0.1, 0.15) is 0 Å². The van der Waals surface area contributed by atoms with E-state index in [1.165, 1.54) is 103 Å². The number of nitrogens with zero attached hydrogens (tertiary/aromatic N) is 2. The molecule has 0 fully saturated rings. The molecule has 272 valence electrons. The van der Waals surface area contributed by atoms with Crippen LogP contribution in [0.4, 0.5) is 0 Å². The molecule has 8 aromatic carbocycles. The van der Waals surface area contributed by atoms with Crippen molar-refractivity contribution < 1.29 is 0 Å². The Morgan fingerprint density at radius 1 is 0.431 bits per heavy atom. The molecule has 0 N–H and O–H groups in total. The van der Waals surface area contributed by atoms with Gasteiger partial charge in [-0.25, -0.2) is 0 Å². The largest absolute Gasteiger partial charge is 0.309 e. The molecular weight excluding hydrogens is 721 g/mol. The number of hydrogen-bond donors (Lipinski definition) is 0. The van der Waals surface area contributed by atoms with E-state index in [0.29, 0.717) is 0 Å². The van der Waals surface area contributed by atoms with E-state index in [1.54, 1.807) is 0 Å². The number of benzene rings is 8. The van der Waals surface area contributed by atoms with E-state index < -0.39 is 5.41 Å². The lowest BCUT2D eigenvalue weighted by Crippen LogP contribution is -2.28. The molecule has 3 aromatic heterocycles. The number of hydrogen-bond acceptors (Lipinski definition) is 1. The number of fused-ring (bicyclic) bond motifs is 12. The number of aromatic nitrogens is 2. The molecule has 3 heteroatoms. The van der Waals surface area contributed by atoms with Crippen molar-refractivity contribution in [1.29, 1.82) is 0 Å². The molecule has 58 heavy (non-hydrogen) atoms. The Morgan fingerprint density at radius 2 is 1.02 bits per heavy atom. The van der Waals surface area contributed by atoms with E-state index in [9.17, 15) is 0 Å². The van der Waals surface area contributed by atoms with E-state index in [-0.39, 0.29) is 0 Å². The highest BCUT2D eigenvalue weighted by molar-refractivity contribution is 7.20. The highest BCUT2D eigenvalue weighted by Gasteiger charge is 2.46. The van der Waals surface area contributed by atoms with Gasteiger partial charge in [0.25, 0.3) is 0 Å². The second-order valence-electron chi connectivity index (χ2n) is 15.9. The molecule has 2 aliphatic carbocycles. The summed E-state index contributed by atoms with van der Waals surface area (Å²) in [6.45, 7) is 0. The van der Waals surface area contributed by atoms with Crippen molar-refractivity contribution in [1.82, 2.24) is 9.13 Å². The van der Waals surface area contributed by atoms with Gasteiger partial charge >= 0.3 is 0 Å². The maximum Gasteiger partial charge on any atom is 0.0714 e. The van der Waals surface area contributed by atoms with Crippen LogP contribution in [0.1, 0.15) is 39.1 Å². The fraction of sp³-hybridized carbons (Fsp3) is 0.0545. The smallest absolute Gasteiger partial charge is 0.0714 e. The van der Waals surface area contributed by atoms with Crippen molar-refractivity contribution in [3.05, 3.63) is 221 Å². The summed E-state index contributed by atoms with van der Waals surface area (Å²) in [5, 5.41) is 6.54. The molecule has 0 saturated carbocycles. The molecule has 0 unspecified atom stereocenters. The van der Waals surface area contributed by atoms with Gasteiger partial charge in [0.2, 0.25) is 0 Å². The summed E-state index contributed by atoms with van der Waals surface area (Å²) in [6.07, 6.45) is 6.87. The summed E-state index contributed by atoms with van der Waals surface area (Å²) >= 11 is 1.93. The number of thiophene rings is 1. The van der Waals surface area contributed by atoms with Gasteiger partial charge in [-0.1, -0.05) is 133 Å². The first-order chi connectivity index (χ1) is 28.8.